The maximum absolute atomic E-state index is 13.4. The van der Waals surface area contributed by atoms with Gasteiger partial charge in [0, 0.05) is 12.6 Å². The summed E-state index contributed by atoms with van der Waals surface area (Å²) in [4.78, 5) is 14.3. The Bertz CT molecular complexity index is 465. The molecule has 1 aromatic rings. The molecule has 104 valence electrons. The monoisotopic (exact) mass is 284 g/mol. The van der Waals surface area contributed by atoms with Crippen molar-refractivity contribution >= 4 is 17.5 Å². The van der Waals surface area contributed by atoms with Crippen molar-refractivity contribution in [3.8, 4) is 0 Å². The summed E-state index contributed by atoms with van der Waals surface area (Å²) in [5, 5.41) is -0.0930. The van der Waals surface area contributed by atoms with Crippen LogP contribution in [0, 0.1) is 5.82 Å². The van der Waals surface area contributed by atoms with Gasteiger partial charge in [-0.1, -0.05) is 17.7 Å². The molecule has 0 radical (unpaired) electrons. The van der Waals surface area contributed by atoms with Gasteiger partial charge < -0.3 is 10.6 Å². The van der Waals surface area contributed by atoms with Gasteiger partial charge in [-0.15, -0.1) is 0 Å². The Labute approximate surface area is 117 Å². The topological polar surface area (TPSA) is 46.3 Å². The first-order chi connectivity index (χ1) is 9.15. The largest absolute Gasteiger partial charge is 0.336 e. The van der Waals surface area contributed by atoms with Crippen LogP contribution in [-0.4, -0.2) is 29.9 Å². The highest BCUT2D eigenvalue weighted by Crippen LogP contribution is 2.26. The van der Waals surface area contributed by atoms with E-state index in [1.54, 1.807) is 11.0 Å². The minimum Gasteiger partial charge on any atom is -0.336 e. The highest BCUT2D eigenvalue weighted by atomic mass is 35.5. The molecule has 1 saturated heterocycles. The molecule has 1 atom stereocenters. The lowest BCUT2D eigenvalue weighted by molar-refractivity contribution is 0.0604. The molecule has 1 fully saturated rings. The maximum atomic E-state index is 13.4. The molecule has 1 amide bonds. The molecular weight excluding hydrogens is 267 g/mol. The van der Waals surface area contributed by atoms with Gasteiger partial charge in [0.2, 0.25) is 0 Å². The van der Waals surface area contributed by atoms with Crippen LogP contribution in [0.2, 0.25) is 5.02 Å². The van der Waals surface area contributed by atoms with E-state index in [1.807, 2.05) is 0 Å². The second-order valence-electron chi connectivity index (χ2n) is 4.83. The van der Waals surface area contributed by atoms with Crippen LogP contribution >= 0.6 is 11.6 Å². The second-order valence-corrected chi connectivity index (χ2v) is 5.20. The maximum Gasteiger partial charge on any atom is 0.255 e. The summed E-state index contributed by atoms with van der Waals surface area (Å²) in [7, 11) is 0. The van der Waals surface area contributed by atoms with Crippen molar-refractivity contribution in [2.75, 3.05) is 13.1 Å². The third kappa shape index (κ3) is 3.07. The first kappa shape index (κ1) is 14.3. The summed E-state index contributed by atoms with van der Waals surface area (Å²) >= 11 is 5.88. The van der Waals surface area contributed by atoms with E-state index in [4.69, 9.17) is 17.3 Å². The van der Waals surface area contributed by atoms with Gasteiger partial charge in [0.15, 0.2) is 0 Å². The molecule has 2 rings (SSSR count). The lowest BCUT2D eigenvalue weighted by Gasteiger charge is -2.36. The molecule has 1 heterocycles. The van der Waals surface area contributed by atoms with Gasteiger partial charge in [0.1, 0.15) is 5.82 Å². The van der Waals surface area contributed by atoms with Crippen molar-refractivity contribution in [2.24, 2.45) is 5.73 Å². The van der Waals surface area contributed by atoms with E-state index in [9.17, 15) is 9.18 Å². The first-order valence-corrected chi connectivity index (χ1v) is 6.98. The van der Waals surface area contributed by atoms with Crippen molar-refractivity contribution in [2.45, 2.75) is 31.7 Å². The van der Waals surface area contributed by atoms with Crippen LogP contribution in [0.5, 0.6) is 0 Å². The molecule has 3 nitrogen and oxygen atoms in total. The quantitative estimate of drug-likeness (QED) is 0.928. The molecule has 0 saturated carbocycles. The van der Waals surface area contributed by atoms with Gasteiger partial charge in [-0.05, 0) is 44.4 Å². The summed E-state index contributed by atoms with van der Waals surface area (Å²) in [5.41, 5.74) is 5.83. The number of hydrogen-bond acceptors (Lipinski definition) is 2. The zero-order chi connectivity index (χ0) is 13.8. The van der Waals surface area contributed by atoms with Crippen LogP contribution in [0.25, 0.3) is 0 Å². The number of amides is 1. The molecule has 19 heavy (non-hydrogen) atoms. The zero-order valence-corrected chi connectivity index (χ0v) is 11.5. The number of nitrogens with two attached hydrogens (primary N) is 1. The Balaban J connectivity index is 2.23. The van der Waals surface area contributed by atoms with Crippen molar-refractivity contribution in [3.05, 3.63) is 34.6 Å². The standard InChI is InChI=1S/C14H18ClFN2O/c15-13-11(5-3-6-12(13)16)14(19)18-9-2-1-4-10(18)7-8-17/h3,5-6,10H,1-2,4,7-9,17H2/t10-/m0/s1. The van der Waals surface area contributed by atoms with Crippen LogP contribution < -0.4 is 5.73 Å². The predicted molar refractivity (Wildman–Crippen MR) is 73.8 cm³/mol. The van der Waals surface area contributed by atoms with E-state index in [2.05, 4.69) is 0 Å². The average molecular weight is 285 g/mol. The molecule has 1 aromatic carbocycles. The Morgan fingerprint density at radius 2 is 2.26 bits per heavy atom. The van der Waals surface area contributed by atoms with Gasteiger partial charge in [-0.3, -0.25) is 4.79 Å². The molecule has 1 aliphatic rings. The number of benzene rings is 1. The van der Waals surface area contributed by atoms with Gasteiger partial charge in [-0.2, -0.15) is 0 Å². The van der Waals surface area contributed by atoms with Crippen molar-refractivity contribution in [1.82, 2.24) is 4.90 Å². The molecule has 2 N–H and O–H groups in total. The van der Waals surface area contributed by atoms with Crippen LogP contribution in [0.15, 0.2) is 18.2 Å². The Morgan fingerprint density at radius 1 is 1.47 bits per heavy atom. The predicted octanol–water partition coefficient (Wildman–Crippen LogP) is 2.82. The van der Waals surface area contributed by atoms with E-state index in [-0.39, 0.29) is 22.5 Å². The highest BCUT2D eigenvalue weighted by molar-refractivity contribution is 6.34. The van der Waals surface area contributed by atoms with Gasteiger partial charge in [0.25, 0.3) is 5.91 Å². The first-order valence-electron chi connectivity index (χ1n) is 6.60. The molecule has 0 aliphatic carbocycles. The van der Waals surface area contributed by atoms with Gasteiger partial charge >= 0.3 is 0 Å². The van der Waals surface area contributed by atoms with E-state index < -0.39 is 5.82 Å². The SMILES string of the molecule is NCC[C@@H]1CCCCN1C(=O)c1cccc(F)c1Cl. The summed E-state index contributed by atoms with van der Waals surface area (Å²) in [6.07, 6.45) is 3.81. The number of carbonyl (C=O) groups is 1. The molecule has 5 heteroatoms. The van der Waals surface area contributed by atoms with E-state index in [1.165, 1.54) is 12.1 Å². The van der Waals surface area contributed by atoms with Gasteiger partial charge in [0.05, 0.1) is 10.6 Å². The summed E-state index contributed by atoms with van der Waals surface area (Å²) in [5.74, 6) is -0.748. The minimum absolute atomic E-state index is 0.0930. The summed E-state index contributed by atoms with van der Waals surface area (Å²) in [6.45, 7) is 1.24. The van der Waals surface area contributed by atoms with E-state index >= 15 is 0 Å². The third-order valence-corrected chi connectivity index (χ3v) is 3.95. The average Bonchev–Trinajstić information content (AvgIpc) is 2.42. The second kappa shape index (κ2) is 6.35. The van der Waals surface area contributed by atoms with Crippen LogP contribution in [0.3, 0.4) is 0 Å². The molecule has 0 unspecified atom stereocenters. The van der Waals surface area contributed by atoms with Crippen LogP contribution in [0.1, 0.15) is 36.0 Å². The fourth-order valence-electron chi connectivity index (χ4n) is 2.58. The Hall–Kier alpha value is -1.13. The Kier molecular flexibility index (Phi) is 4.77. The fraction of sp³-hybridized carbons (Fsp3) is 0.500. The number of piperidine rings is 1. The molecule has 0 bridgehead atoms. The number of halogens is 2. The van der Waals surface area contributed by atoms with Crippen molar-refractivity contribution < 1.29 is 9.18 Å². The zero-order valence-electron chi connectivity index (χ0n) is 10.7. The lowest BCUT2D eigenvalue weighted by Crippen LogP contribution is -2.44. The number of hydrogen-bond donors (Lipinski definition) is 1. The van der Waals surface area contributed by atoms with E-state index in [0.717, 1.165) is 25.7 Å². The fourth-order valence-corrected chi connectivity index (χ4v) is 2.79. The van der Waals surface area contributed by atoms with Crippen LogP contribution in [-0.2, 0) is 0 Å². The Morgan fingerprint density at radius 3 is 3.00 bits per heavy atom. The number of carbonyl (C=O) groups excluding carboxylic acids is 1. The number of rotatable bonds is 3. The molecule has 0 spiro atoms. The van der Waals surface area contributed by atoms with E-state index in [0.29, 0.717) is 13.1 Å². The molecule has 1 aliphatic heterocycles. The molecule has 0 aromatic heterocycles. The summed E-state index contributed by atoms with van der Waals surface area (Å²) < 4.78 is 13.4. The normalized spacial score (nSPS) is 19.5. The highest BCUT2D eigenvalue weighted by Gasteiger charge is 2.28. The lowest BCUT2D eigenvalue weighted by atomic mass is 9.98. The van der Waals surface area contributed by atoms with Gasteiger partial charge in [-0.25, -0.2) is 4.39 Å². The number of nitrogens with zero attached hydrogens (tertiary/aromatic N) is 1. The summed E-state index contributed by atoms with van der Waals surface area (Å²) in [6, 6.07) is 4.48. The third-order valence-electron chi connectivity index (χ3n) is 3.57. The number of likely N-dealkylation sites (tertiary alicyclic amines) is 1. The van der Waals surface area contributed by atoms with Crippen LogP contribution in [0.4, 0.5) is 4.39 Å². The van der Waals surface area contributed by atoms with Crippen molar-refractivity contribution in [1.29, 1.82) is 0 Å². The van der Waals surface area contributed by atoms with Crippen molar-refractivity contribution in [3.63, 3.8) is 0 Å². The molecular formula is C14H18ClFN2O. The smallest absolute Gasteiger partial charge is 0.255 e. The minimum atomic E-state index is -0.556.